The number of aryl methyl sites for hydroxylation is 1. The third kappa shape index (κ3) is 3.73. The number of nitrogen functional groups attached to an aromatic ring is 1. The molecule has 0 spiro atoms. The molecule has 0 radical (unpaired) electrons. The molecule has 0 fully saturated rings. The van der Waals surface area contributed by atoms with Crippen LogP contribution in [0.2, 0.25) is 0 Å². The van der Waals surface area contributed by atoms with Gasteiger partial charge in [-0.25, -0.2) is 4.98 Å². The smallest absolute Gasteiger partial charge is 0.251 e. The summed E-state index contributed by atoms with van der Waals surface area (Å²) in [5, 5.41) is 2.99. The Kier molecular flexibility index (Phi) is 4.94. The molecular formula is C13H21N3O. The molecule has 0 saturated carbocycles. The van der Waals surface area contributed by atoms with E-state index in [0.717, 1.165) is 25.0 Å². The highest BCUT2D eigenvalue weighted by Crippen LogP contribution is 2.09. The van der Waals surface area contributed by atoms with Crippen molar-refractivity contribution in [2.24, 2.45) is 0 Å². The number of nitrogens with one attached hydrogen (secondary N) is 1. The first-order chi connectivity index (χ1) is 8.10. The van der Waals surface area contributed by atoms with E-state index in [1.165, 1.54) is 0 Å². The highest BCUT2D eigenvalue weighted by molar-refractivity contribution is 5.95. The quantitative estimate of drug-likeness (QED) is 0.821. The van der Waals surface area contributed by atoms with Crippen LogP contribution in [0.3, 0.4) is 0 Å². The van der Waals surface area contributed by atoms with E-state index in [4.69, 9.17) is 5.73 Å². The molecule has 0 unspecified atom stereocenters. The van der Waals surface area contributed by atoms with Gasteiger partial charge in [0.05, 0.1) is 0 Å². The van der Waals surface area contributed by atoms with E-state index in [1.807, 2.05) is 6.92 Å². The minimum atomic E-state index is -0.0671. The van der Waals surface area contributed by atoms with E-state index >= 15 is 0 Å². The van der Waals surface area contributed by atoms with Gasteiger partial charge in [0.25, 0.3) is 5.91 Å². The summed E-state index contributed by atoms with van der Waals surface area (Å²) < 4.78 is 0. The molecule has 0 aliphatic rings. The van der Waals surface area contributed by atoms with Crippen molar-refractivity contribution < 1.29 is 4.79 Å². The van der Waals surface area contributed by atoms with Gasteiger partial charge >= 0.3 is 0 Å². The number of aromatic nitrogens is 1. The van der Waals surface area contributed by atoms with E-state index in [1.54, 1.807) is 12.1 Å². The fraction of sp³-hybridized carbons (Fsp3) is 0.538. The molecule has 0 saturated heterocycles. The van der Waals surface area contributed by atoms with Gasteiger partial charge in [-0.3, -0.25) is 4.79 Å². The third-order valence-corrected chi connectivity index (χ3v) is 2.84. The van der Waals surface area contributed by atoms with Crippen LogP contribution in [-0.2, 0) is 6.42 Å². The molecule has 4 heteroatoms. The highest BCUT2D eigenvalue weighted by atomic mass is 16.1. The van der Waals surface area contributed by atoms with Gasteiger partial charge in [0, 0.05) is 17.3 Å². The van der Waals surface area contributed by atoms with E-state index in [-0.39, 0.29) is 11.9 Å². The zero-order valence-corrected chi connectivity index (χ0v) is 10.8. The summed E-state index contributed by atoms with van der Waals surface area (Å²) in [5.74, 6) is 0.335. The summed E-state index contributed by atoms with van der Waals surface area (Å²) in [6.45, 7) is 6.12. The lowest BCUT2D eigenvalue weighted by Crippen LogP contribution is -2.33. The molecule has 0 aliphatic carbocycles. The van der Waals surface area contributed by atoms with Crippen molar-refractivity contribution >= 4 is 11.7 Å². The van der Waals surface area contributed by atoms with Gasteiger partial charge in [0.2, 0.25) is 0 Å². The Morgan fingerprint density at radius 1 is 1.35 bits per heavy atom. The maximum atomic E-state index is 12.0. The second kappa shape index (κ2) is 6.23. The van der Waals surface area contributed by atoms with Gasteiger partial charge in [0.15, 0.2) is 0 Å². The second-order valence-corrected chi connectivity index (χ2v) is 4.11. The molecule has 1 aromatic rings. The minimum Gasteiger partial charge on any atom is -0.384 e. The lowest BCUT2D eigenvalue weighted by Gasteiger charge is -2.15. The summed E-state index contributed by atoms with van der Waals surface area (Å²) in [4.78, 5) is 16.2. The van der Waals surface area contributed by atoms with Gasteiger partial charge in [-0.1, -0.05) is 20.8 Å². The zero-order chi connectivity index (χ0) is 12.8. The molecule has 0 bridgehead atoms. The number of nitrogens with zero attached hydrogens (tertiary/aromatic N) is 1. The van der Waals surface area contributed by atoms with Crippen LogP contribution in [0.15, 0.2) is 12.1 Å². The molecule has 94 valence electrons. The average molecular weight is 235 g/mol. The van der Waals surface area contributed by atoms with Gasteiger partial charge in [-0.05, 0) is 31.4 Å². The molecule has 4 nitrogen and oxygen atoms in total. The summed E-state index contributed by atoms with van der Waals surface area (Å²) in [6.07, 6.45) is 2.64. The third-order valence-electron chi connectivity index (χ3n) is 2.84. The van der Waals surface area contributed by atoms with Crippen molar-refractivity contribution in [1.29, 1.82) is 0 Å². The summed E-state index contributed by atoms with van der Waals surface area (Å²) in [5.41, 5.74) is 7.12. The van der Waals surface area contributed by atoms with E-state index in [9.17, 15) is 4.79 Å². The van der Waals surface area contributed by atoms with Crippen molar-refractivity contribution in [3.05, 3.63) is 23.4 Å². The fourth-order valence-electron chi connectivity index (χ4n) is 1.68. The Labute approximate surface area is 103 Å². The first-order valence-corrected chi connectivity index (χ1v) is 6.17. The van der Waals surface area contributed by atoms with Crippen molar-refractivity contribution in [1.82, 2.24) is 10.3 Å². The normalized spacial score (nSPS) is 10.6. The van der Waals surface area contributed by atoms with Crippen molar-refractivity contribution in [3.8, 4) is 0 Å². The maximum Gasteiger partial charge on any atom is 0.251 e. The number of pyridine rings is 1. The van der Waals surface area contributed by atoms with Crippen molar-refractivity contribution in [2.75, 3.05) is 5.73 Å². The van der Waals surface area contributed by atoms with Crippen molar-refractivity contribution in [2.45, 2.75) is 46.1 Å². The first-order valence-electron chi connectivity index (χ1n) is 6.17. The number of carbonyl (C=O) groups is 1. The number of hydrogen-bond donors (Lipinski definition) is 2. The van der Waals surface area contributed by atoms with E-state index in [2.05, 4.69) is 24.1 Å². The Morgan fingerprint density at radius 2 is 2.00 bits per heavy atom. The maximum absolute atomic E-state index is 12.0. The van der Waals surface area contributed by atoms with Crippen LogP contribution in [0.4, 0.5) is 5.82 Å². The molecule has 1 amide bonds. The van der Waals surface area contributed by atoms with E-state index in [0.29, 0.717) is 11.4 Å². The number of carbonyl (C=O) groups excluding carboxylic acids is 1. The number of nitrogens with two attached hydrogens (primary N) is 1. The highest BCUT2D eigenvalue weighted by Gasteiger charge is 2.12. The van der Waals surface area contributed by atoms with Crippen LogP contribution in [0.1, 0.15) is 49.7 Å². The second-order valence-electron chi connectivity index (χ2n) is 4.11. The Balaban J connectivity index is 2.84. The monoisotopic (exact) mass is 235 g/mol. The largest absolute Gasteiger partial charge is 0.384 e. The molecule has 1 heterocycles. The molecule has 0 aromatic carbocycles. The molecule has 17 heavy (non-hydrogen) atoms. The SMILES string of the molecule is CCc1cc(C(=O)NC(CC)CC)cc(N)n1. The molecule has 3 N–H and O–H groups in total. The zero-order valence-electron chi connectivity index (χ0n) is 10.8. The molecule has 1 aromatic heterocycles. The van der Waals surface area contributed by atoms with Crippen LogP contribution in [0.5, 0.6) is 0 Å². The van der Waals surface area contributed by atoms with Crippen LogP contribution < -0.4 is 11.1 Å². The minimum absolute atomic E-state index is 0.0671. The molecule has 0 atom stereocenters. The predicted molar refractivity (Wildman–Crippen MR) is 69.9 cm³/mol. The molecular weight excluding hydrogens is 214 g/mol. The number of amides is 1. The standard InChI is InChI=1S/C13H21N3O/c1-4-10(5-2)16-13(17)9-7-11(6-3)15-12(14)8-9/h7-8,10H,4-6H2,1-3H3,(H2,14,15)(H,16,17). The number of rotatable bonds is 5. The van der Waals surface area contributed by atoms with Crippen LogP contribution in [0, 0.1) is 0 Å². The van der Waals surface area contributed by atoms with Gasteiger partial charge in [-0.15, -0.1) is 0 Å². The average Bonchev–Trinajstić information content (AvgIpc) is 2.34. The van der Waals surface area contributed by atoms with Gasteiger partial charge in [0.1, 0.15) is 5.82 Å². The van der Waals surface area contributed by atoms with Crippen LogP contribution in [0.25, 0.3) is 0 Å². The summed E-state index contributed by atoms with van der Waals surface area (Å²) in [7, 11) is 0. The van der Waals surface area contributed by atoms with Crippen LogP contribution in [-0.4, -0.2) is 16.9 Å². The molecule has 1 rings (SSSR count). The fourth-order valence-corrected chi connectivity index (χ4v) is 1.68. The molecule has 0 aliphatic heterocycles. The van der Waals surface area contributed by atoms with Gasteiger partial charge < -0.3 is 11.1 Å². The van der Waals surface area contributed by atoms with Gasteiger partial charge in [-0.2, -0.15) is 0 Å². The lowest BCUT2D eigenvalue weighted by atomic mass is 10.1. The Hall–Kier alpha value is -1.58. The Bertz CT molecular complexity index is 386. The summed E-state index contributed by atoms with van der Waals surface area (Å²) in [6, 6.07) is 3.65. The van der Waals surface area contributed by atoms with Crippen LogP contribution >= 0.6 is 0 Å². The number of anilines is 1. The predicted octanol–water partition coefficient (Wildman–Crippen LogP) is 2.14. The Morgan fingerprint density at radius 3 is 2.53 bits per heavy atom. The topological polar surface area (TPSA) is 68.0 Å². The van der Waals surface area contributed by atoms with E-state index < -0.39 is 0 Å². The first kappa shape index (κ1) is 13.5. The summed E-state index contributed by atoms with van der Waals surface area (Å²) >= 11 is 0. The van der Waals surface area contributed by atoms with Crippen molar-refractivity contribution in [3.63, 3.8) is 0 Å². The number of hydrogen-bond acceptors (Lipinski definition) is 3. The lowest BCUT2D eigenvalue weighted by molar-refractivity contribution is 0.0934.